The van der Waals surface area contributed by atoms with E-state index in [1.54, 1.807) is 59.1 Å². The van der Waals surface area contributed by atoms with Gasteiger partial charge in [0, 0.05) is 52.8 Å². The minimum atomic E-state index is 0.384. The Bertz CT molecular complexity index is 1790. The fourth-order valence-electron chi connectivity index (χ4n) is 4.26. The zero-order chi connectivity index (χ0) is 27.0. The molecule has 0 spiro atoms. The van der Waals surface area contributed by atoms with Crippen molar-refractivity contribution in [1.29, 1.82) is 10.5 Å². The highest BCUT2D eigenvalue weighted by atomic mass is 32.1. The summed E-state index contributed by atoms with van der Waals surface area (Å²) in [6.45, 7) is 0. The lowest BCUT2D eigenvalue weighted by Crippen LogP contribution is -1.93. The molecule has 0 saturated carbocycles. The number of benzene rings is 2. The molecule has 184 valence electrons. The first kappa shape index (κ1) is 25.4. The van der Waals surface area contributed by atoms with Gasteiger partial charge in [0.25, 0.3) is 0 Å². The minimum absolute atomic E-state index is 0.384. The number of aryl methyl sites for hydroxylation is 1. The molecular weight excluding hydrogens is 551 g/mol. The van der Waals surface area contributed by atoms with Crippen molar-refractivity contribution in [2.24, 2.45) is 15.8 Å². The van der Waals surface area contributed by atoms with E-state index >= 15 is 0 Å². The van der Waals surface area contributed by atoms with E-state index in [0.717, 1.165) is 30.2 Å². The Labute approximate surface area is 236 Å². The zero-order valence-electron chi connectivity index (χ0n) is 19.8. The second-order valence-corrected chi connectivity index (χ2v) is 10.8. The van der Waals surface area contributed by atoms with E-state index in [2.05, 4.69) is 37.6 Å². The minimum Gasteiger partial charge on any atom is -0.396 e. The van der Waals surface area contributed by atoms with Crippen LogP contribution >= 0.6 is 22.7 Å². The van der Waals surface area contributed by atoms with Gasteiger partial charge in [-0.15, -0.1) is 22.7 Å². The second kappa shape index (κ2) is 10.2. The predicted molar refractivity (Wildman–Crippen MR) is 164 cm³/mol. The quantitative estimate of drug-likeness (QED) is 0.162. The lowest BCUT2D eigenvalue weighted by Gasteiger charge is -2.05. The van der Waals surface area contributed by atoms with Gasteiger partial charge in [0.2, 0.25) is 0 Å². The van der Waals surface area contributed by atoms with Gasteiger partial charge < -0.3 is 16.0 Å². The van der Waals surface area contributed by atoms with E-state index in [0.29, 0.717) is 45.0 Å². The van der Waals surface area contributed by atoms with Crippen LogP contribution in [0.5, 0.6) is 0 Å². The van der Waals surface area contributed by atoms with Crippen LogP contribution in [0, 0.1) is 22.7 Å². The lowest BCUT2D eigenvalue weighted by molar-refractivity contribution is 1.02. The molecule has 0 aliphatic heterocycles. The van der Waals surface area contributed by atoms with Gasteiger partial charge in [-0.1, -0.05) is 24.3 Å². The van der Waals surface area contributed by atoms with Crippen molar-refractivity contribution in [3.8, 4) is 12.1 Å². The number of thiophene rings is 2. The predicted octanol–water partition coefficient (Wildman–Crippen LogP) is 7.47. The smallest absolute Gasteiger partial charge is 0.100 e. The summed E-state index contributed by atoms with van der Waals surface area (Å²) in [5.41, 5.74) is 18.3. The van der Waals surface area contributed by atoms with Crippen LogP contribution in [0.15, 0.2) is 57.3 Å². The van der Waals surface area contributed by atoms with Crippen LogP contribution in [-0.4, -0.2) is 4.57 Å². The molecule has 0 atom stereocenters. The standard InChI is InChI=1S/C27H17N7S4/c1-34-22-10-16(8-14(12-28)18-4-2-6-20(32-35)24(18)30)37-26(22)27-23(34)11-17(38-27)9-15(13-29)19-5-3-7-21(33-36)25(19)31/h2-11H,30-31H2,1H3/b14-8+,15-9+. The Hall–Kier alpha value is -4.26. The van der Waals surface area contributed by atoms with Gasteiger partial charge in [-0.3, -0.25) is 0 Å². The molecule has 0 fully saturated rings. The Balaban J connectivity index is 1.59. The van der Waals surface area contributed by atoms with Crippen molar-refractivity contribution >= 4 is 114 Å². The maximum absolute atomic E-state index is 9.86. The lowest BCUT2D eigenvalue weighted by atomic mass is 10.0. The molecule has 0 aliphatic rings. The summed E-state index contributed by atoms with van der Waals surface area (Å²) in [6, 6.07) is 19.2. The monoisotopic (exact) mass is 567 g/mol. The highest BCUT2D eigenvalue weighted by Crippen LogP contribution is 2.42. The summed E-state index contributed by atoms with van der Waals surface area (Å²) in [5.74, 6) is 0. The summed E-state index contributed by atoms with van der Waals surface area (Å²) in [4.78, 5) is 1.84. The van der Waals surface area contributed by atoms with Crippen molar-refractivity contribution in [2.75, 3.05) is 11.5 Å². The van der Waals surface area contributed by atoms with E-state index in [1.807, 2.05) is 19.2 Å². The van der Waals surface area contributed by atoms with Crippen LogP contribution in [0.25, 0.3) is 43.7 Å². The number of hydrogen-bond acceptors (Lipinski definition) is 10. The van der Waals surface area contributed by atoms with Gasteiger partial charge in [-0.25, -0.2) is 0 Å². The first-order valence-corrected chi connectivity index (χ1v) is 13.5. The molecule has 0 aliphatic carbocycles. The molecule has 0 saturated heterocycles. The second-order valence-electron chi connectivity index (χ2n) is 8.28. The van der Waals surface area contributed by atoms with E-state index in [1.165, 1.54) is 0 Å². The third kappa shape index (κ3) is 4.28. The number of hydrogen-bond donors (Lipinski definition) is 2. The SMILES string of the molecule is Cn1c2cc(/C=C(\C#N)c3cccc(N=S)c3N)sc2c2sc(/C=C(\C#N)c3cccc(N=S)c3N)cc21. The maximum Gasteiger partial charge on any atom is 0.100 e. The molecule has 0 bridgehead atoms. The molecule has 7 nitrogen and oxygen atoms in total. The molecule has 4 N–H and O–H groups in total. The molecular formula is C27H17N7S4. The Morgan fingerprint density at radius 2 is 1.24 bits per heavy atom. The van der Waals surface area contributed by atoms with Gasteiger partial charge in [-0.2, -0.15) is 19.2 Å². The topological polar surface area (TPSA) is 129 Å². The van der Waals surface area contributed by atoms with Gasteiger partial charge in [0.1, 0.15) is 11.4 Å². The molecule has 11 heteroatoms. The van der Waals surface area contributed by atoms with Crippen molar-refractivity contribution < 1.29 is 0 Å². The molecule has 38 heavy (non-hydrogen) atoms. The highest BCUT2D eigenvalue weighted by molar-refractivity contribution is 7.47. The first-order valence-electron chi connectivity index (χ1n) is 11.1. The zero-order valence-corrected chi connectivity index (χ0v) is 23.1. The summed E-state index contributed by atoms with van der Waals surface area (Å²) in [5, 5.41) is 19.7. The number of nitrogen functional groups attached to an aromatic ring is 2. The van der Waals surface area contributed by atoms with E-state index < -0.39 is 0 Å². The van der Waals surface area contributed by atoms with Crippen LogP contribution < -0.4 is 11.5 Å². The summed E-state index contributed by atoms with van der Waals surface area (Å²) in [7, 11) is 2.00. The molecule has 5 aromatic rings. The van der Waals surface area contributed by atoms with E-state index in [4.69, 9.17) is 36.3 Å². The molecule has 0 radical (unpaired) electrons. The average Bonchev–Trinajstić information content (AvgIpc) is 3.60. The molecule has 3 heterocycles. The number of allylic oxidation sites excluding steroid dienone is 2. The summed E-state index contributed by atoms with van der Waals surface area (Å²) >= 11 is 12.8. The number of nitrogens with zero attached hydrogens (tertiary/aromatic N) is 5. The number of aromatic nitrogens is 1. The van der Waals surface area contributed by atoms with E-state index in [-0.39, 0.29) is 0 Å². The van der Waals surface area contributed by atoms with Gasteiger partial charge in [0.05, 0.1) is 55.1 Å². The number of rotatable bonds is 6. The molecule has 0 unspecified atom stereocenters. The van der Waals surface area contributed by atoms with Crippen LogP contribution in [0.1, 0.15) is 20.9 Å². The molecule has 0 amide bonds. The molecule has 2 aromatic carbocycles. The Kier molecular flexibility index (Phi) is 6.85. The van der Waals surface area contributed by atoms with Crippen LogP contribution in [0.4, 0.5) is 22.7 Å². The highest BCUT2D eigenvalue weighted by Gasteiger charge is 2.17. The number of fused-ring (bicyclic) bond motifs is 3. The Morgan fingerprint density at radius 1 is 0.816 bits per heavy atom. The number of nitrogens with two attached hydrogens (primary N) is 2. The van der Waals surface area contributed by atoms with Crippen LogP contribution in [-0.2, 0) is 31.9 Å². The first-order chi connectivity index (χ1) is 18.4. The van der Waals surface area contributed by atoms with Gasteiger partial charge in [-0.05, 0) is 36.4 Å². The van der Waals surface area contributed by atoms with Crippen molar-refractivity contribution in [3.63, 3.8) is 0 Å². The third-order valence-corrected chi connectivity index (χ3v) is 8.85. The number of nitriles is 2. The maximum atomic E-state index is 9.86. The Morgan fingerprint density at radius 3 is 1.61 bits per heavy atom. The fourth-order valence-corrected chi connectivity index (χ4v) is 6.99. The summed E-state index contributed by atoms with van der Waals surface area (Å²) in [6.07, 6.45) is 3.66. The van der Waals surface area contributed by atoms with Gasteiger partial charge in [0.15, 0.2) is 0 Å². The van der Waals surface area contributed by atoms with E-state index in [9.17, 15) is 10.5 Å². The molecule has 5 rings (SSSR count). The number of anilines is 2. The van der Waals surface area contributed by atoms with Crippen molar-refractivity contribution in [2.45, 2.75) is 0 Å². The fraction of sp³-hybridized carbons (Fsp3) is 0.0370. The van der Waals surface area contributed by atoms with Crippen LogP contribution in [0.3, 0.4) is 0 Å². The van der Waals surface area contributed by atoms with Gasteiger partial charge >= 0.3 is 0 Å². The molecule has 3 aromatic heterocycles. The largest absolute Gasteiger partial charge is 0.396 e. The average molecular weight is 568 g/mol. The third-order valence-electron chi connectivity index (χ3n) is 6.15. The summed E-state index contributed by atoms with van der Waals surface area (Å²) < 4.78 is 11.9. The normalized spacial score (nSPS) is 12.0. The van der Waals surface area contributed by atoms with Crippen molar-refractivity contribution in [3.05, 3.63) is 69.4 Å². The van der Waals surface area contributed by atoms with Crippen LogP contribution in [0.2, 0.25) is 0 Å². The van der Waals surface area contributed by atoms with Crippen molar-refractivity contribution in [1.82, 2.24) is 4.57 Å². The number of para-hydroxylation sites is 2.